The SMILES string of the molecule is CCCCCCCCCCCCCCc1ccccc1P(=O)(O)O. The second kappa shape index (κ2) is 12.7. The molecule has 0 saturated heterocycles. The number of unbranched alkanes of at least 4 members (excludes halogenated alkanes) is 11. The quantitative estimate of drug-likeness (QED) is 0.331. The van der Waals surface area contributed by atoms with E-state index in [1.54, 1.807) is 12.1 Å². The molecule has 0 radical (unpaired) electrons. The van der Waals surface area contributed by atoms with Crippen LogP contribution in [0.25, 0.3) is 0 Å². The second-order valence-corrected chi connectivity index (χ2v) is 8.38. The second-order valence-electron chi connectivity index (χ2n) is 6.81. The maximum Gasteiger partial charge on any atom is 0.356 e. The third kappa shape index (κ3) is 9.61. The summed E-state index contributed by atoms with van der Waals surface area (Å²) in [4.78, 5) is 18.7. The molecule has 2 N–H and O–H groups in total. The summed E-state index contributed by atoms with van der Waals surface area (Å²) >= 11 is 0. The minimum Gasteiger partial charge on any atom is -0.321 e. The van der Waals surface area contributed by atoms with Gasteiger partial charge in [-0.2, -0.15) is 0 Å². The topological polar surface area (TPSA) is 57.5 Å². The highest BCUT2D eigenvalue weighted by Gasteiger charge is 2.20. The van der Waals surface area contributed by atoms with Gasteiger partial charge >= 0.3 is 7.60 Å². The number of benzene rings is 1. The molecule has 0 aliphatic heterocycles. The molecule has 0 heterocycles. The Morgan fingerprint density at radius 2 is 1.21 bits per heavy atom. The zero-order chi connectivity index (χ0) is 17.7. The molecule has 138 valence electrons. The van der Waals surface area contributed by atoms with Gasteiger partial charge in [-0.15, -0.1) is 0 Å². The normalized spacial score (nSPS) is 11.8. The zero-order valence-corrected chi connectivity index (χ0v) is 16.1. The van der Waals surface area contributed by atoms with E-state index in [0.29, 0.717) is 0 Å². The molecule has 1 rings (SSSR count). The van der Waals surface area contributed by atoms with Crippen molar-refractivity contribution in [1.82, 2.24) is 0 Å². The molecule has 1 aromatic carbocycles. The number of aryl methyl sites for hydroxylation is 1. The maximum atomic E-state index is 11.5. The van der Waals surface area contributed by atoms with E-state index in [-0.39, 0.29) is 5.30 Å². The van der Waals surface area contributed by atoms with Crippen molar-refractivity contribution >= 4 is 12.9 Å². The first-order valence-corrected chi connectivity index (χ1v) is 11.3. The highest BCUT2D eigenvalue weighted by molar-refractivity contribution is 7.60. The highest BCUT2D eigenvalue weighted by atomic mass is 31.2. The van der Waals surface area contributed by atoms with E-state index in [9.17, 15) is 14.4 Å². The summed E-state index contributed by atoms with van der Waals surface area (Å²) in [7, 11) is -4.14. The van der Waals surface area contributed by atoms with Gasteiger partial charge in [-0.1, -0.05) is 95.8 Å². The van der Waals surface area contributed by atoms with E-state index in [1.165, 1.54) is 64.2 Å². The molecule has 1 aromatic rings. The van der Waals surface area contributed by atoms with Crippen molar-refractivity contribution in [2.45, 2.75) is 90.4 Å². The van der Waals surface area contributed by atoms with E-state index in [0.717, 1.165) is 24.8 Å². The Morgan fingerprint density at radius 1 is 0.750 bits per heavy atom. The summed E-state index contributed by atoms with van der Waals surface area (Å²) in [6, 6.07) is 6.94. The largest absolute Gasteiger partial charge is 0.356 e. The van der Waals surface area contributed by atoms with Crippen molar-refractivity contribution < 1.29 is 14.4 Å². The summed E-state index contributed by atoms with van der Waals surface area (Å²) in [5.41, 5.74) is 0.804. The number of rotatable bonds is 14. The summed E-state index contributed by atoms with van der Waals surface area (Å²) in [6.45, 7) is 2.25. The van der Waals surface area contributed by atoms with Crippen molar-refractivity contribution in [2.75, 3.05) is 0 Å². The van der Waals surface area contributed by atoms with Crippen molar-refractivity contribution in [1.29, 1.82) is 0 Å². The van der Waals surface area contributed by atoms with Crippen LogP contribution in [0.5, 0.6) is 0 Å². The minimum atomic E-state index is -4.14. The average Bonchev–Trinajstić information content (AvgIpc) is 2.55. The zero-order valence-electron chi connectivity index (χ0n) is 15.3. The molecule has 24 heavy (non-hydrogen) atoms. The molecular formula is C20H35O3P. The Balaban J connectivity index is 2.04. The van der Waals surface area contributed by atoms with E-state index in [2.05, 4.69) is 6.92 Å². The van der Waals surface area contributed by atoms with E-state index < -0.39 is 7.60 Å². The van der Waals surface area contributed by atoms with Crippen LogP contribution in [0.4, 0.5) is 0 Å². The van der Waals surface area contributed by atoms with Crippen LogP contribution in [0.15, 0.2) is 24.3 Å². The van der Waals surface area contributed by atoms with Gasteiger partial charge in [0, 0.05) is 0 Å². The lowest BCUT2D eigenvalue weighted by Crippen LogP contribution is -2.10. The fourth-order valence-corrected chi connectivity index (χ4v) is 4.00. The van der Waals surface area contributed by atoms with Gasteiger partial charge in [-0.25, -0.2) is 0 Å². The maximum absolute atomic E-state index is 11.5. The fourth-order valence-electron chi connectivity index (χ4n) is 3.16. The number of hydrogen-bond acceptors (Lipinski definition) is 1. The van der Waals surface area contributed by atoms with Gasteiger partial charge in [0.15, 0.2) is 0 Å². The highest BCUT2D eigenvalue weighted by Crippen LogP contribution is 2.34. The summed E-state index contributed by atoms with van der Waals surface area (Å²) in [5.74, 6) is 0. The average molecular weight is 354 g/mol. The molecule has 3 nitrogen and oxygen atoms in total. The predicted molar refractivity (Wildman–Crippen MR) is 103 cm³/mol. The third-order valence-electron chi connectivity index (χ3n) is 4.61. The van der Waals surface area contributed by atoms with Gasteiger partial charge in [0.2, 0.25) is 0 Å². The third-order valence-corrected chi connectivity index (χ3v) is 5.67. The predicted octanol–water partition coefficient (Wildman–Crippen LogP) is 5.73. The van der Waals surface area contributed by atoms with Crippen molar-refractivity contribution in [3.8, 4) is 0 Å². The lowest BCUT2D eigenvalue weighted by Gasteiger charge is -2.10. The molecule has 0 fully saturated rings. The lowest BCUT2D eigenvalue weighted by molar-refractivity contribution is 0.387. The number of hydrogen-bond donors (Lipinski definition) is 2. The van der Waals surface area contributed by atoms with E-state index in [1.807, 2.05) is 12.1 Å². The smallest absolute Gasteiger partial charge is 0.321 e. The monoisotopic (exact) mass is 354 g/mol. The Labute approximate surface area is 148 Å². The van der Waals surface area contributed by atoms with Gasteiger partial charge in [0.1, 0.15) is 0 Å². The molecule has 4 heteroatoms. The van der Waals surface area contributed by atoms with Crippen molar-refractivity contribution in [3.63, 3.8) is 0 Å². The molecule has 0 aliphatic rings. The first-order valence-electron chi connectivity index (χ1n) is 9.69. The van der Waals surface area contributed by atoms with Gasteiger partial charge in [0.05, 0.1) is 5.30 Å². The molecule has 0 atom stereocenters. The summed E-state index contributed by atoms with van der Waals surface area (Å²) in [5, 5.41) is 0.202. The summed E-state index contributed by atoms with van der Waals surface area (Å²) < 4.78 is 11.5. The molecule has 0 saturated carbocycles. The molecular weight excluding hydrogens is 319 g/mol. The standard InChI is InChI=1S/C20H35O3P/c1-2-3-4-5-6-7-8-9-10-11-12-13-16-19-17-14-15-18-20(19)24(21,22)23/h14-15,17-18H,2-13,16H2,1H3,(H2,21,22,23). The van der Waals surface area contributed by atoms with Crippen LogP contribution in [0, 0.1) is 0 Å². The van der Waals surface area contributed by atoms with Crippen LogP contribution in [0.1, 0.15) is 89.5 Å². The van der Waals surface area contributed by atoms with Gasteiger partial charge in [0.25, 0.3) is 0 Å². The van der Waals surface area contributed by atoms with Crippen LogP contribution >= 0.6 is 7.60 Å². The van der Waals surface area contributed by atoms with Gasteiger partial charge < -0.3 is 9.79 Å². The lowest BCUT2D eigenvalue weighted by atomic mass is 10.0. The molecule has 0 aliphatic carbocycles. The van der Waals surface area contributed by atoms with Crippen molar-refractivity contribution in [2.24, 2.45) is 0 Å². The fraction of sp³-hybridized carbons (Fsp3) is 0.700. The Kier molecular flexibility index (Phi) is 11.3. The first-order chi connectivity index (χ1) is 11.6. The minimum absolute atomic E-state index is 0.202. The Morgan fingerprint density at radius 3 is 1.71 bits per heavy atom. The molecule has 0 amide bonds. The van der Waals surface area contributed by atoms with E-state index >= 15 is 0 Å². The molecule has 0 unspecified atom stereocenters. The Bertz CT molecular complexity index is 482. The van der Waals surface area contributed by atoms with Crippen molar-refractivity contribution in [3.05, 3.63) is 29.8 Å². The van der Waals surface area contributed by atoms with Gasteiger partial charge in [-0.3, -0.25) is 4.57 Å². The Hall–Kier alpha value is -0.630. The van der Waals surface area contributed by atoms with Crippen LogP contribution < -0.4 is 5.30 Å². The van der Waals surface area contributed by atoms with Crippen LogP contribution in [-0.4, -0.2) is 9.79 Å². The van der Waals surface area contributed by atoms with E-state index in [4.69, 9.17) is 0 Å². The van der Waals surface area contributed by atoms with Crippen LogP contribution in [-0.2, 0) is 11.0 Å². The molecule has 0 bridgehead atoms. The first kappa shape index (κ1) is 21.4. The summed E-state index contributed by atoms with van der Waals surface area (Å²) in [6.07, 6.45) is 16.4. The van der Waals surface area contributed by atoms with Gasteiger partial charge in [-0.05, 0) is 24.5 Å². The molecule has 0 spiro atoms. The van der Waals surface area contributed by atoms with Crippen LogP contribution in [0.2, 0.25) is 0 Å². The van der Waals surface area contributed by atoms with Crippen LogP contribution in [0.3, 0.4) is 0 Å². The molecule has 0 aromatic heterocycles.